The number of rotatable bonds is 7. The summed E-state index contributed by atoms with van der Waals surface area (Å²) in [7, 11) is 0. The highest BCUT2D eigenvalue weighted by molar-refractivity contribution is 14.1. The highest BCUT2D eigenvalue weighted by Crippen LogP contribution is 2.33. The highest BCUT2D eigenvalue weighted by atomic mass is 127. The van der Waals surface area contributed by atoms with Crippen molar-refractivity contribution in [1.29, 1.82) is 0 Å². The Bertz CT molecular complexity index is 1920. The van der Waals surface area contributed by atoms with Crippen LogP contribution < -0.4 is 19.6 Å². The lowest BCUT2D eigenvalue weighted by atomic mass is 9.95. The first-order chi connectivity index (χ1) is 20.1. The summed E-state index contributed by atoms with van der Waals surface area (Å²) in [6.45, 7) is 5.88. The number of allylic oxidation sites excluding steroid dienone is 1. The Hall–Kier alpha value is -2.63. The monoisotopic (exact) mass is 752 g/mol. The smallest absolute Gasteiger partial charge is 0.338 e. The standard InChI is InChI=1S/C31H24Cl3IN2O4S/c1-4-40-30(39)26-17(3)36-31-37(27(26)18-7-5-16(2)6-8-18)29(38)25(42-31)12-20-11-22(33)14-24(35)28(20)41-15-19-9-10-21(32)13-23(19)34/h5-14,27H,4,15H2,1-3H3/b25-12-/t27-/m0/s1. The Balaban J connectivity index is 1.64. The van der Waals surface area contributed by atoms with E-state index in [4.69, 9.17) is 44.3 Å². The molecule has 0 unspecified atom stereocenters. The van der Waals surface area contributed by atoms with Crippen LogP contribution in [0.15, 0.2) is 75.7 Å². The zero-order valence-electron chi connectivity index (χ0n) is 22.7. The van der Waals surface area contributed by atoms with Gasteiger partial charge >= 0.3 is 5.97 Å². The van der Waals surface area contributed by atoms with Crippen molar-refractivity contribution < 1.29 is 14.3 Å². The van der Waals surface area contributed by atoms with Crippen LogP contribution in [0.1, 0.15) is 42.1 Å². The van der Waals surface area contributed by atoms with E-state index in [9.17, 15) is 9.59 Å². The van der Waals surface area contributed by atoms with E-state index < -0.39 is 12.0 Å². The average Bonchev–Trinajstić information content (AvgIpc) is 3.23. The second kappa shape index (κ2) is 12.9. The van der Waals surface area contributed by atoms with E-state index in [1.807, 2.05) is 31.2 Å². The number of hydrogen-bond donors (Lipinski definition) is 0. The van der Waals surface area contributed by atoms with Gasteiger partial charge in [-0.05, 0) is 79.3 Å². The van der Waals surface area contributed by atoms with Gasteiger partial charge in [-0.3, -0.25) is 9.36 Å². The van der Waals surface area contributed by atoms with Crippen molar-refractivity contribution in [1.82, 2.24) is 4.57 Å². The summed E-state index contributed by atoms with van der Waals surface area (Å²) in [6, 6.07) is 15.8. The largest absolute Gasteiger partial charge is 0.487 e. The Labute approximate surface area is 275 Å². The number of aromatic nitrogens is 1. The maximum atomic E-state index is 14.0. The molecule has 1 atom stereocenters. The summed E-state index contributed by atoms with van der Waals surface area (Å²) >= 11 is 22.2. The van der Waals surface area contributed by atoms with Gasteiger partial charge in [-0.2, -0.15) is 0 Å². The van der Waals surface area contributed by atoms with Crippen LogP contribution in [0, 0.1) is 10.5 Å². The SMILES string of the molecule is CCOC(=O)C1=C(C)N=c2s/c(=C\c3cc(Cl)cc(I)c3OCc3ccc(Cl)cc3Cl)c(=O)n2[C@H]1c1ccc(C)cc1. The first-order valence-corrected chi connectivity index (χ1v) is 15.9. The third-order valence-corrected chi connectivity index (χ3v) is 9.21. The molecule has 0 N–H and O–H groups in total. The number of carbonyl (C=O) groups is 1. The highest BCUT2D eigenvalue weighted by Gasteiger charge is 2.33. The van der Waals surface area contributed by atoms with Gasteiger partial charge in [0.05, 0.1) is 32.0 Å². The Morgan fingerprint density at radius 1 is 1.07 bits per heavy atom. The summed E-state index contributed by atoms with van der Waals surface area (Å²) in [5, 5.41) is 1.52. The lowest BCUT2D eigenvalue weighted by Crippen LogP contribution is -2.39. The topological polar surface area (TPSA) is 69.9 Å². The minimum absolute atomic E-state index is 0.186. The number of hydrogen-bond acceptors (Lipinski definition) is 6. The molecule has 2 heterocycles. The van der Waals surface area contributed by atoms with Gasteiger partial charge in [0.15, 0.2) is 4.80 Å². The van der Waals surface area contributed by atoms with Gasteiger partial charge in [-0.15, -0.1) is 0 Å². The molecule has 0 saturated carbocycles. The zero-order chi connectivity index (χ0) is 30.1. The third kappa shape index (κ3) is 6.33. The molecule has 216 valence electrons. The molecule has 1 aliphatic heterocycles. The van der Waals surface area contributed by atoms with Gasteiger partial charge in [0.2, 0.25) is 0 Å². The molecule has 1 aliphatic rings. The molecule has 0 radical (unpaired) electrons. The lowest BCUT2D eigenvalue weighted by Gasteiger charge is -2.24. The van der Waals surface area contributed by atoms with Gasteiger partial charge < -0.3 is 9.47 Å². The molecule has 0 aliphatic carbocycles. The zero-order valence-corrected chi connectivity index (χ0v) is 28.0. The molecular formula is C31H24Cl3IN2O4S. The molecule has 11 heteroatoms. The van der Waals surface area contributed by atoms with Gasteiger partial charge in [-0.1, -0.05) is 82.0 Å². The number of benzene rings is 3. The van der Waals surface area contributed by atoms with E-state index >= 15 is 0 Å². The van der Waals surface area contributed by atoms with Crippen LogP contribution in [0.4, 0.5) is 0 Å². The van der Waals surface area contributed by atoms with Gasteiger partial charge in [0.25, 0.3) is 5.56 Å². The van der Waals surface area contributed by atoms with E-state index in [1.54, 1.807) is 54.8 Å². The Kier molecular flexibility index (Phi) is 9.49. The summed E-state index contributed by atoms with van der Waals surface area (Å²) in [5.74, 6) is 0.0508. The van der Waals surface area contributed by atoms with Crippen LogP contribution in [0.3, 0.4) is 0 Å². The number of thiazole rings is 1. The number of ether oxygens (including phenoxy) is 2. The molecule has 42 heavy (non-hydrogen) atoms. The van der Waals surface area contributed by atoms with Crippen molar-refractivity contribution in [3.05, 3.63) is 126 Å². The van der Waals surface area contributed by atoms with Crippen LogP contribution in [0.5, 0.6) is 5.75 Å². The normalized spacial score (nSPS) is 14.9. The molecule has 0 fully saturated rings. The molecule has 0 saturated heterocycles. The fourth-order valence-electron chi connectivity index (χ4n) is 4.63. The van der Waals surface area contributed by atoms with Crippen molar-refractivity contribution >= 4 is 80.8 Å². The molecular weight excluding hydrogens is 730 g/mol. The van der Waals surface area contributed by atoms with Crippen molar-refractivity contribution in [2.45, 2.75) is 33.4 Å². The van der Waals surface area contributed by atoms with Crippen LogP contribution >= 0.6 is 68.7 Å². The Morgan fingerprint density at radius 2 is 1.81 bits per heavy atom. The molecule has 5 rings (SSSR count). The van der Waals surface area contributed by atoms with Crippen LogP contribution in [-0.2, 0) is 16.1 Å². The number of aryl methyl sites for hydroxylation is 1. The van der Waals surface area contributed by atoms with Crippen molar-refractivity contribution in [3.63, 3.8) is 0 Å². The van der Waals surface area contributed by atoms with Gasteiger partial charge in [0, 0.05) is 26.2 Å². The summed E-state index contributed by atoms with van der Waals surface area (Å²) in [5.41, 5.74) is 3.78. The number of nitrogens with zero attached hydrogens (tertiary/aromatic N) is 2. The molecule has 0 amide bonds. The van der Waals surface area contributed by atoms with Crippen molar-refractivity contribution in [2.75, 3.05) is 6.61 Å². The quantitative estimate of drug-likeness (QED) is 0.147. The molecule has 0 spiro atoms. The second-order valence-corrected chi connectivity index (χ2v) is 13.0. The van der Waals surface area contributed by atoms with Gasteiger partial charge in [-0.25, -0.2) is 9.79 Å². The predicted molar refractivity (Wildman–Crippen MR) is 177 cm³/mol. The van der Waals surface area contributed by atoms with Crippen molar-refractivity contribution in [3.8, 4) is 5.75 Å². The first-order valence-electron chi connectivity index (χ1n) is 12.9. The minimum Gasteiger partial charge on any atom is -0.487 e. The van der Waals surface area contributed by atoms with Crippen LogP contribution in [0.25, 0.3) is 6.08 Å². The molecule has 1 aromatic heterocycles. The molecule has 6 nitrogen and oxygen atoms in total. The molecule has 3 aromatic carbocycles. The Morgan fingerprint density at radius 3 is 2.50 bits per heavy atom. The van der Waals surface area contributed by atoms with Crippen LogP contribution in [-0.4, -0.2) is 17.1 Å². The van der Waals surface area contributed by atoms with Crippen molar-refractivity contribution in [2.24, 2.45) is 4.99 Å². The fourth-order valence-corrected chi connectivity index (χ4v) is 7.34. The minimum atomic E-state index is -0.690. The van der Waals surface area contributed by atoms with E-state index in [0.29, 0.717) is 47.0 Å². The molecule has 0 bridgehead atoms. The number of carbonyl (C=O) groups excluding carboxylic acids is 1. The van der Waals surface area contributed by atoms with E-state index in [-0.39, 0.29) is 18.8 Å². The third-order valence-electron chi connectivity index (χ3n) is 6.62. The predicted octanol–water partition coefficient (Wildman–Crippen LogP) is 7.25. The van der Waals surface area contributed by atoms with Crippen LogP contribution in [0.2, 0.25) is 15.1 Å². The molecule has 4 aromatic rings. The van der Waals surface area contributed by atoms with E-state index in [2.05, 4.69) is 27.6 Å². The first kappa shape index (κ1) is 30.8. The van der Waals surface area contributed by atoms with E-state index in [1.165, 1.54) is 11.3 Å². The van der Waals surface area contributed by atoms with E-state index in [0.717, 1.165) is 20.3 Å². The fraction of sp³-hybridized carbons (Fsp3) is 0.194. The lowest BCUT2D eigenvalue weighted by molar-refractivity contribution is -0.139. The number of fused-ring (bicyclic) bond motifs is 1. The second-order valence-electron chi connectivity index (χ2n) is 9.54. The maximum Gasteiger partial charge on any atom is 0.338 e. The van der Waals surface area contributed by atoms with Gasteiger partial charge in [0.1, 0.15) is 12.4 Å². The number of esters is 1. The number of halogens is 4. The average molecular weight is 754 g/mol. The maximum absolute atomic E-state index is 14.0. The summed E-state index contributed by atoms with van der Waals surface area (Å²) < 4.78 is 14.3. The summed E-state index contributed by atoms with van der Waals surface area (Å²) in [4.78, 5) is 32.3. The summed E-state index contributed by atoms with van der Waals surface area (Å²) in [6.07, 6.45) is 1.74.